The zero-order valence-electron chi connectivity index (χ0n) is 9.59. The van der Waals surface area contributed by atoms with E-state index in [0.29, 0.717) is 0 Å². The second-order valence-corrected chi connectivity index (χ2v) is 4.11. The molecule has 1 aromatic heterocycles. The molecular formula is C12H16N4. The number of nitrogens with zero attached hydrogens (tertiary/aromatic N) is 3. The molecule has 0 radical (unpaired) electrons. The van der Waals surface area contributed by atoms with Gasteiger partial charge in [0.1, 0.15) is 0 Å². The Morgan fingerprint density at radius 3 is 2.88 bits per heavy atom. The Bertz CT molecular complexity index is 476. The molecule has 0 aliphatic heterocycles. The fraction of sp³-hybridized carbons (Fsp3) is 0.333. The first-order valence-corrected chi connectivity index (χ1v) is 5.35. The van der Waals surface area contributed by atoms with Crippen molar-refractivity contribution in [2.24, 2.45) is 5.73 Å². The summed E-state index contributed by atoms with van der Waals surface area (Å²) in [6.07, 6.45) is 1.78. The molecule has 0 saturated heterocycles. The Balaban J connectivity index is 2.44. The summed E-state index contributed by atoms with van der Waals surface area (Å²) in [5.41, 5.74) is 5.78. The summed E-state index contributed by atoms with van der Waals surface area (Å²) in [6.45, 7) is 2.75. The molecule has 1 heterocycles. The van der Waals surface area contributed by atoms with Crippen LogP contribution in [0.1, 0.15) is 6.92 Å². The molecule has 2 rings (SSSR count). The maximum absolute atomic E-state index is 5.78. The van der Waals surface area contributed by atoms with Crippen LogP contribution in [-0.2, 0) is 0 Å². The lowest BCUT2D eigenvalue weighted by Crippen LogP contribution is -2.33. The van der Waals surface area contributed by atoms with E-state index < -0.39 is 0 Å². The van der Waals surface area contributed by atoms with E-state index in [-0.39, 0.29) is 6.04 Å². The molecule has 0 aliphatic rings. The maximum atomic E-state index is 5.78. The molecule has 0 fully saturated rings. The van der Waals surface area contributed by atoms with Crippen LogP contribution in [0.15, 0.2) is 30.5 Å². The van der Waals surface area contributed by atoms with Crippen molar-refractivity contribution in [2.75, 3.05) is 18.5 Å². The first-order valence-electron chi connectivity index (χ1n) is 5.35. The number of fused-ring (bicyclic) bond motifs is 1. The predicted molar refractivity (Wildman–Crippen MR) is 66.5 cm³/mol. The van der Waals surface area contributed by atoms with Crippen molar-refractivity contribution in [1.29, 1.82) is 0 Å². The van der Waals surface area contributed by atoms with E-state index in [1.54, 1.807) is 6.20 Å². The number of anilines is 1. The Morgan fingerprint density at radius 1 is 1.38 bits per heavy atom. The van der Waals surface area contributed by atoms with Crippen LogP contribution < -0.4 is 10.6 Å². The summed E-state index contributed by atoms with van der Waals surface area (Å²) in [4.78, 5) is 2.04. The minimum Gasteiger partial charge on any atom is -0.356 e. The third kappa shape index (κ3) is 2.12. The second kappa shape index (κ2) is 4.45. The van der Waals surface area contributed by atoms with Gasteiger partial charge in [-0.25, -0.2) is 0 Å². The van der Waals surface area contributed by atoms with Gasteiger partial charge in [-0.3, -0.25) is 0 Å². The van der Waals surface area contributed by atoms with Gasteiger partial charge >= 0.3 is 0 Å². The van der Waals surface area contributed by atoms with Gasteiger partial charge < -0.3 is 10.6 Å². The smallest absolute Gasteiger partial charge is 0.158 e. The molecule has 0 spiro atoms. The molecule has 16 heavy (non-hydrogen) atoms. The average molecular weight is 216 g/mol. The van der Waals surface area contributed by atoms with Gasteiger partial charge in [-0.15, -0.1) is 5.10 Å². The van der Waals surface area contributed by atoms with E-state index in [2.05, 4.69) is 16.3 Å². The highest BCUT2D eigenvalue weighted by atomic mass is 15.2. The SMILES string of the molecule is CC(N)CN(C)c1nncc2ccccc12. The van der Waals surface area contributed by atoms with E-state index in [0.717, 1.165) is 23.1 Å². The van der Waals surface area contributed by atoms with Gasteiger partial charge in [-0.05, 0) is 6.92 Å². The number of likely N-dealkylation sites (N-methyl/N-ethyl adjacent to an activating group) is 1. The van der Waals surface area contributed by atoms with Crippen molar-refractivity contribution in [2.45, 2.75) is 13.0 Å². The largest absolute Gasteiger partial charge is 0.356 e. The number of aromatic nitrogens is 2. The molecule has 4 heteroatoms. The third-order valence-corrected chi connectivity index (χ3v) is 2.47. The molecule has 0 aliphatic carbocycles. The van der Waals surface area contributed by atoms with Gasteiger partial charge in [0.15, 0.2) is 5.82 Å². The zero-order chi connectivity index (χ0) is 11.5. The summed E-state index contributed by atoms with van der Waals surface area (Å²) in [5, 5.41) is 10.4. The van der Waals surface area contributed by atoms with Crippen LogP contribution in [0, 0.1) is 0 Å². The van der Waals surface area contributed by atoms with E-state index in [1.165, 1.54) is 0 Å². The topological polar surface area (TPSA) is 55.0 Å². The van der Waals surface area contributed by atoms with Crippen molar-refractivity contribution in [3.05, 3.63) is 30.5 Å². The fourth-order valence-electron chi connectivity index (χ4n) is 1.81. The zero-order valence-corrected chi connectivity index (χ0v) is 9.59. The monoisotopic (exact) mass is 216 g/mol. The standard InChI is InChI=1S/C12H16N4/c1-9(13)8-16(2)12-11-6-4-3-5-10(11)7-14-15-12/h3-7,9H,8,13H2,1-2H3. The molecule has 0 amide bonds. The first kappa shape index (κ1) is 10.8. The average Bonchev–Trinajstić information content (AvgIpc) is 2.27. The molecule has 2 aromatic rings. The van der Waals surface area contributed by atoms with Crippen LogP contribution in [0.25, 0.3) is 10.8 Å². The van der Waals surface area contributed by atoms with Gasteiger partial charge in [0.05, 0.1) is 6.20 Å². The van der Waals surface area contributed by atoms with Crippen LogP contribution >= 0.6 is 0 Å². The fourth-order valence-corrected chi connectivity index (χ4v) is 1.81. The highest BCUT2D eigenvalue weighted by Crippen LogP contribution is 2.21. The number of rotatable bonds is 3. The Labute approximate surface area is 95.1 Å². The Morgan fingerprint density at radius 2 is 2.12 bits per heavy atom. The Hall–Kier alpha value is -1.68. The highest BCUT2D eigenvalue weighted by Gasteiger charge is 2.09. The summed E-state index contributed by atoms with van der Waals surface area (Å²) >= 11 is 0. The lowest BCUT2D eigenvalue weighted by atomic mass is 10.2. The summed E-state index contributed by atoms with van der Waals surface area (Å²) in [5.74, 6) is 0.885. The van der Waals surface area contributed by atoms with E-state index in [1.807, 2.05) is 37.1 Å². The number of nitrogens with two attached hydrogens (primary N) is 1. The van der Waals surface area contributed by atoms with Crippen LogP contribution in [-0.4, -0.2) is 29.8 Å². The molecule has 2 N–H and O–H groups in total. The summed E-state index contributed by atoms with van der Waals surface area (Å²) in [7, 11) is 1.99. The van der Waals surface area contributed by atoms with Crippen LogP contribution in [0.2, 0.25) is 0 Å². The quantitative estimate of drug-likeness (QED) is 0.843. The molecule has 1 aromatic carbocycles. The van der Waals surface area contributed by atoms with Gasteiger partial charge in [0, 0.05) is 30.4 Å². The van der Waals surface area contributed by atoms with Crippen molar-refractivity contribution in [3.63, 3.8) is 0 Å². The third-order valence-electron chi connectivity index (χ3n) is 2.47. The van der Waals surface area contributed by atoms with Gasteiger partial charge in [-0.2, -0.15) is 5.10 Å². The van der Waals surface area contributed by atoms with Crippen molar-refractivity contribution < 1.29 is 0 Å². The molecule has 4 nitrogen and oxygen atoms in total. The molecular weight excluding hydrogens is 200 g/mol. The van der Waals surface area contributed by atoms with E-state index in [4.69, 9.17) is 5.73 Å². The number of hydrogen-bond acceptors (Lipinski definition) is 4. The molecule has 1 unspecified atom stereocenters. The lowest BCUT2D eigenvalue weighted by molar-refractivity contribution is 0.710. The van der Waals surface area contributed by atoms with E-state index in [9.17, 15) is 0 Å². The van der Waals surface area contributed by atoms with Crippen molar-refractivity contribution in [3.8, 4) is 0 Å². The van der Waals surface area contributed by atoms with Gasteiger partial charge in [0.25, 0.3) is 0 Å². The van der Waals surface area contributed by atoms with Gasteiger partial charge in [-0.1, -0.05) is 24.3 Å². The Kier molecular flexibility index (Phi) is 3.01. The predicted octanol–water partition coefficient (Wildman–Crippen LogP) is 1.41. The summed E-state index contributed by atoms with van der Waals surface area (Å²) < 4.78 is 0. The molecule has 0 bridgehead atoms. The van der Waals surface area contributed by atoms with Crippen LogP contribution in [0.5, 0.6) is 0 Å². The molecule has 84 valence electrons. The molecule has 0 saturated carbocycles. The maximum Gasteiger partial charge on any atom is 0.158 e. The first-order chi connectivity index (χ1) is 7.68. The van der Waals surface area contributed by atoms with Gasteiger partial charge in [0.2, 0.25) is 0 Å². The normalized spacial score (nSPS) is 12.7. The summed E-state index contributed by atoms with van der Waals surface area (Å²) in [6, 6.07) is 8.21. The minimum absolute atomic E-state index is 0.116. The van der Waals surface area contributed by atoms with Crippen molar-refractivity contribution in [1.82, 2.24) is 10.2 Å². The minimum atomic E-state index is 0.116. The van der Waals surface area contributed by atoms with Crippen molar-refractivity contribution >= 4 is 16.6 Å². The van der Waals surface area contributed by atoms with Crippen LogP contribution in [0.3, 0.4) is 0 Å². The number of hydrogen-bond donors (Lipinski definition) is 1. The molecule has 1 atom stereocenters. The number of benzene rings is 1. The highest BCUT2D eigenvalue weighted by molar-refractivity contribution is 5.91. The second-order valence-electron chi connectivity index (χ2n) is 4.11. The van der Waals surface area contributed by atoms with E-state index >= 15 is 0 Å². The van der Waals surface area contributed by atoms with Crippen LogP contribution in [0.4, 0.5) is 5.82 Å². The lowest BCUT2D eigenvalue weighted by Gasteiger charge is -2.20.